The fourth-order valence-electron chi connectivity index (χ4n) is 11.4. The quantitative estimate of drug-likeness (QED) is 0.115. The molecule has 2 saturated carbocycles. The summed E-state index contributed by atoms with van der Waals surface area (Å²) in [7, 11) is 2.61. The largest absolute Gasteiger partial charge is 0.453 e. The number of amides is 4. The third kappa shape index (κ3) is 6.59. The summed E-state index contributed by atoms with van der Waals surface area (Å²) in [6.45, 7) is 13.4. The molecule has 0 unspecified atom stereocenters. The lowest BCUT2D eigenvalue weighted by atomic mass is 9.90. The van der Waals surface area contributed by atoms with Crippen molar-refractivity contribution in [2.75, 3.05) is 27.3 Å². The van der Waals surface area contributed by atoms with E-state index in [1.54, 1.807) is 0 Å². The zero-order valence-electron chi connectivity index (χ0n) is 36.6. The van der Waals surface area contributed by atoms with Crippen molar-refractivity contribution in [3.63, 3.8) is 0 Å². The number of rotatable bonds is 11. The highest BCUT2D eigenvalue weighted by atomic mass is 16.5. The zero-order chi connectivity index (χ0) is 43.7. The predicted octanol–water partition coefficient (Wildman–Crippen LogP) is 7.23. The van der Waals surface area contributed by atoms with Gasteiger partial charge in [0.25, 0.3) is 0 Å². The normalized spacial score (nSPS) is 24.5. The van der Waals surface area contributed by atoms with Crippen LogP contribution in [0.1, 0.15) is 89.0 Å². The number of imidazole rings is 2. The number of aromatic amines is 2. The first-order valence-electron chi connectivity index (χ1n) is 22.2. The molecular weight excluding hydrogens is 785 g/mol. The Morgan fingerprint density at radius 1 is 0.742 bits per heavy atom. The highest BCUT2D eigenvalue weighted by Gasteiger charge is 2.59. The summed E-state index contributed by atoms with van der Waals surface area (Å²) in [6.07, 6.45) is 9.90. The molecule has 326 valence electrons. The van der Waals surface area contributed by atoms with E-state index >= 15 is 0 Å². The number of carbonyl (C=O) groups excluding carboxylic acids is 4. The van der Waals surface area contributed by atoms with E-state index in [1.807, 2.05) is 49.9 Å². The minimum atomic E-state index is -0.768. The second kappa shape index (κ2) is 15.8. The first kappa shape index (κ1) is 41.4. The lowest BCUT2D eigenvalue weighted by Gasteiger charge is -2.40. The van der Waals surface area contributed by atoms with E-state index in [1.165, 1.54) is 30.9 Å². The van der Waals surface area contributed by atoms with Gasteiger partial charge in [-0.3, -0.25) is 9.59 Å². The molecule has 14 nitrogen and oxygen atoms in total. The molecule has 2 aromatic heterocycles. The molecule has 9 rings (SSSR count). The average Bonchev–Trinajstić information content (AvgIpc) is 4.15. The Morgan fingerprint density at radius 3 is 1.95 bits per heavy atom. The second-order valence-electron chi connectivity index (χ2n) is 18.7. The van der Waals surface area contributed by atoms with E-state index in [9.17, 15) is 19.2 Å². The van der Waals surface area contributed by atoms with Crippen LogP contribution in [0.15, 0.2) is 60.9 Å². The van der Waals surface area contributed by atoms with Crippen LogP contribution in [-0.2, 0) is 43.0 Å². The van der Waals surface area contributed by atoms with Crippen molar-refractivity contribution in [1.82, 2.24) is 40.4 Å². The van der Waals surface area contributed by atoms with Crippen LogP contribution in [0.4, 0.5) is 9.59 Å². The zero-order valence-corrected chi connectivity index (χ0v) is 36.6. The summed E-state index contributed by atoms with van der Waals surface area (Å²) in [6, 6.07) is 11.6. The summed E-state index contributed by atoms with van der Waals surface area (Å²) in [4.78, 5) is 73.6. The molecule has 62 heavy (non-hydrogen) atoms. The van der Waals surface area contributed by atoms with E-state index in [-0.39, 0.29) is 29.6 Å². The summed E-state index contributed by atoms with van der Waals surface area (Å²) in [5.74, 6) is 1.58. The molecule has 3 aliphatic carbocycles. The lowest BCUT2D eigenvalue weighted by molar-refractivity contribution is -0.141. The van der Waals surface area contributed by atoms with Crippen LogP contribution in [0.5, 0.6) is 0 Å². The molecule has 5 aliphatic rings. The van der Waals surface area contributed by atoms with Gasteiger partial charge >= 0.3 is 12.2 Å². The Kier molecular flexibility index (Phi) is 10.5. The monoisotopic (exact) mass is 842 g/mol. The van der Waals surface area contributed by atoms with Gasteiger partial charge in [-0.25, -0.2) is 19.6 Å². The van der Waals surface area contributed by atoms with Gasteiger partial charge in [-0.15, -0.1) is 0 Å². The molecule has 4 N–H and O–H groups in total. The predicted molar refractivity (Wildman–Crippen MR) is 233 cm³/mol. The number of carbonyl (C=O) groups is 4. The van der Waals surface area contributed by atoms with Crippen LogP contribution in [0, 0.1) is 23.7 Å². The summed E-state index contributed by atoms with van der Waals surface area (Å²) >= 11 is 0. The van der Waals surface area contributed by atoms with Gasteiger partial charge in [0.15, 0.2) is 0 Å². The Balaban J connectivity index is 0.955. The summed E-state index contributed by atoms with van der Waals surface area (Å²) in [5.41, 5.74) is 8.65. The van der Waals surface area contributed by atoms with Crippen molar-refractivity contribution in [2.24, 2.45) is 23.7 Å². The van der Waals surface area contributed by atoms with E-state index in [0.717, 1.165) is 84.4 Å². The second-order valence-corrected chi connectivity index (χ2v) is 18.7. The van der Waals surface area contributed by atoms with Crippen molar-refractivity contribution in [2.45, 2.75) is 102 Å². The number of hydrogen-bond donors (Lipinski definition) is 4. The standard InChI is InChI=1S/C48H58N8O6/c1-26(2)39(53-45(59)61-6)41(57)55-24-29-17-19-47(55,21-29)43-49-23-38(52-43)36-16-15-33(34-9-8-10-35(34)36)30-11-13-31(14-12-30)37-22-50-44(51-37)48-20-18-32(28(48)5)25-56(48)42(58)40(27(3)4)54-46(60)62-7/h11-16,22-23,26-27,29,32,39-40H,5,8-10,17-21,24-25H2,1-4,6-7H3,(H,49,52)(H,50,51)(H,53,59)(H,54,60)/t29-,32+,39+,40+,47+,48+/m1/s1. The number of benzene rings is 2. The number of methoxy groups -OCH3 is 2. The lowest BCUT2D eigenvalue weighted by Crippen LogP contribution is -2.56. The summed E-state index contributed by atoms with van der Waals surface area (Å²) < 4.78 is 9.70. The molecule has 2 saturated heterocycles. The molecule has 0 radical (unpaired) electrons. The highest BCUT2D eigenvalue weighted by Crippen LogP contribution is 2.56. The number of ether oxygens (including phenoxy) is 2. The molecule has 4 bridgehead atoms. The number of piperidine rings is 2. The van der Waals surface area contributed by atoms with Gasteiger partial charge in [-0.2, -0.15) is 0 Å². The van der Waals surface area contributed by atoms with E-state index in [2.05, 4.69) is 63.6 Å². The van der Waals surface area contributed by atoms with Gasteiger partial charge in [-0.1, -0.05) is 70.7 Å². The van der Waals surface area contributed by atoms with Gasteiger partial charge in [-0.05, 0) is 103 Å². The number of nitrogens with one attached hydrogen (secondary N) is 4. The molecule has 6 atom stereocenters. The average molecular weight is 843 g/mol. The van der Waals surface area contributed by atoms with E-state index in [0.29, 0.717) is 31.3 Å². The van der Waals surface area contributed by atoms with Gasteiger partial charge in [0.05, 0.1) is 38.0 Å². The molecule has 4 fully saturated rings. The van der Waals surface area contributed by atoms with Crippen molar-refractivity contribution in [3.8, 4) is 33.6 Å². The Hall–Kier alpha value is -5.92. The Morgan fingerprint density at radius 2 is 1.32 bits per heavy atom. The fourth-order valence-corrected chi connectivity index (χ4v) is 11.4. The maximum atomic E-state index is 14.1. The van der Waals surface area contributed by atoms with Crippen molar-refractivity contribution < 1.29 is 28.7 Å². The molecule has 0 spiro atoms. The van der Waals surface area contributed by atoms with Crippen LogP contribution in [0.3, 0.4) is 0 Å². The Labute approximate surface area is 362 Å². The maximum Gasteiger partial charge on any atom is 0.407 e. The number of likely N-dealkylation sites (tertiary alicyclic amines) is 2. The number of nitrogens with zero attached hydrogens (tertiary/aromatic N) is 4. The number of fused-ring (bicyclic) bond motifs is 5. The molecule has 2 aliphatic heterocycles. The molecule has 2 aromatic carbocycles. The Bertz CT molecular complexity index is 2440. The van der Waals surface area contributed by atoms with Gasteiger partial charge < -0.3 is 39.9 Å². The van der Waals surface area contributed by atoms with Crippen LogP contribution >= 0.6 is 0 Å². The van der Waals surface area contributed by atoms with Crippen molar-refractivity contribution >= 4 is 24.0 Å². The number of alkyl carbamates (subject to hydrolysis) is 2. The van der Waals surface area contributed by atoms with Crippen LogP contribution in [0.25, 0.3) is 33.6 Å². The van der Waals surface area contributed by atoms with Crippen LogP contribution in [-0.4, -0.2) is 93.1 Å². The number of hydrogen-bond acceptors (Lipinski definition) is 8. The minimum Gasteiger partial charge on any atom is -0.453 e. The minimum absolute atomic E-state index is 0.0917. The molecule has 4 aromatic rings. The van der Waals surface area contributed by atoms with Crippen LogP contribution in [0.2, 0.25) is 0 Å². The molecule has 14 heteroatoms. The maximum absolute atomic E-state index is 14.1. The van der Waals surface area contributed by atoms with Crippen LogP contribution < -0.4 is 10.6 Å². The van der Waals surface area contributed by atoms with Gasteiger partial charge in [0, 0.05) is 24.6 Å². The molecule has 4 heterocycles. The fraction of sp³-hybridized carbons (Fsp3) is 0.500. The smallest absolute Gasteiger partial charge is 0.407 e. The van der Waals surface area contributed by atoms with E-state index in [4.69, 9.17) is 19.4 Å². The molecule has 4 amide bonds. The summed E-state index contributed by atoms with van der Waals surface area (Å²) in [5, 5.41) is 5.53. The highest BCUT2D eigenvalue weighted by molar-refractivity contribution is 5.88. The topological polar surface area (TPSA) is 175 Å². The van der Waals surface area contributed by atoms with E-state index < -0.39 is 35.3 Å². The third-order valence-corrected chi connectivity index (χ3v) is 14.7. The SMILES string of the molecule is C=C1[C@H]2CC[C@]1(c1ncc(-c3ccc(-c4ccc(-c5cnc([C@@]67CC[C@@H](CN6C(=O)[C@@H](NC(=O)OC)C(C)C)C7)[nH]5)c5c4CCC5)cc3)[nH]1)N(C(=O)[C@@H](NC(=O)OC)C(C)C)C2. The number of H-pyrrole nitrogens is 2. The van der Waals surface area contributed by atoms with Crippen molar-refractivity contribution in [1.29, 1.82) is 0 Å². The van der Waals surface area contributed by atoms with Gasteiger partial charge in [0.2, 0.25) is 11.8 Å². The molecular formula is C48H58N8O6. The first-order chi connectivity index (χ1) is 29.8. The first-order valence-corrected chi connectivity index (χ1v) is 22.2. The van der Waals surface area contributed by atoms with Gasteiger partial charge in [0.1, 0.15) is 34.8 Å². The van der Waals surface area contributed by atoms with Crippen molar-refractivity contribution in [3.05, 3.63) is 83.7 Å². The third-order valence-electron chi connectivity index (χ3n) is 14.7. The number of aromatic nitrogens is 4.